The largest absolute Gasteiger partial charge is 0.375 e. The van der Waals surface area contributed by atoms with E-state index >= 15 is 0 Å². The number of amides is 1. The number of nitrogens with one attached hydrogen (secondary N) is 1. The van der Waals surface area contributed by atoms with E-state index in [4.69, 9.17) is 4.74 Å². The van der Waals surface area contributed by atoms with Crippen LogP contribution in [-0.4, -0.2) is 34.4 Å². The van der Waals surface area contributed by atoms with Gasteiger partial charge in [-0.05, 0) is 23.6 Å². The van der Waals surface area contributed by atoms with Crippen molar-refractivity contribution in [3.05, 3.63) is 77.4 Å². The zero-order chi connectivity index (χ0) is 20.6. The first-order chi connectivity index (χ1) is 14.1. The molecule has 0 saturated heterocycles. The van der Waals surface area contributed by atoms with Crippen LogP contribution in [0, 0.1) is 5.82 Å². The van der Waals surface area contributed by atoms with Crippen LogP contribution in [0.15, 0.2) is 59.8 Å². The van der Waals surface area contributed by atoms with Gasteiger partial charge in [-0.2, -0.15) is 0 Å². The summed E-state index contributed by atoms with van der Waals surface area (Å²) in [5, 5.41) is 12.2. The molecule has 3 rings (SSSR count). The summed E-state index contributed by atoms with van der Waals surface area (Å²) in [7, 11) is 3.32. The Kier molecular flexibility index (Phi) is 7.37. The van der Waals surface area contributed by atoms with Crippen LogP contribution in [-0.2, 0) is 28.8 Å². The van der Waals surface area contributed by atoms with E-state index in [9.17, 15) is 9.18 Å². The normalized spacial score (nSPS) is 12.0. The lowest BCUT2D eigenvalue weighted by Gasteiger charge is -2.18. The van der Waals surface area contributed by atoms with Crippen LogP contribution in [0.4, 0.5) is 4.39 Å². The molecule has 3 aromatic rings. The van der Waals surface area contributed by atoms with Crippen molar-refractivity contribution in [2.45, 2.75) is 23.4 Å². The van der Waals surface area contributed by atoms with Crippen molar-refractivity contribution >= 4 is 17.7 Å². The lowest BCUT2D eigenvalue weighted by Crippen LogP contribution is -2.34. The van der Waals surface area contributed by atoms with Crippen LogP contribution in [0.25, 0.3) is 0 Å². The Morgan fingerprint density at radius 2 is 1.90 bits per heavy atom. The van der Waals surface area contributed by atoms with Crippen LogP contribution < -0.4 is 5.32 Å². The number of hydrogen-bond acceptors (Lipinski definition) is 5. The van der Waals surface area contributed by atoms with Crippen molar-refractivity contribution in [1.82, 2.24) is 20.1 Å². The van der Waals surface area contributed by atoms with E-state index in [1.165, 1.54) is 24.9 Å². The Hall–Kier alpha value is -2.71. The number of carbonyl (C=O) groups is 1. The molecule has 8 heteroatoms. The van der Waals surface area contributed by atoms with E-state index in [0.717, 1.165) is 5.56 Å². The Morgan fingerprint density at radius 3 is 2.62 bits per heavy atom. The van der Waals surface area contributed by atoms with E-state index in [1.807, 2.05) is 48.0 Å². The molecule has 0 fully saturated rings. The highest BCUT2D eigenvalue weighted by atomic mass is 32.2. The van der Waals surface area contributed by atoms with E-state index in [2.05, 4.69) is 15.5 Å². The SMILES string of the molecule is COCC(=O)NC(Cc1ccccc1)c1nnc(SCc2ccccc2F)n1C. The van der Waals surface area contributed by atoms with Gasteiger partial charge in [0.15, 0.2) is 11.0 Å². The molecule has 0 saturated carbocycles. The minimum absolute atomic E-state index is 0.0297. The van der Waals surface area contributed by atoms with Crippen molar-refractivity contribution in [3.63, 3.8) is 0 Å². The smallest absolute Gasteiger partial charge is 0.246 e. The van der Waals surface area contributed by atoms with Gasteiger partial charge in [-0.25, -0.2) is 4.39 Å². The first kappa shape index (κ1) is 21.0. The summed E-state index contributed by atoms with van der Waals surface area (Å²) in [5.74, 6) is 0.611. The van der Waals surface area contributed by atoms with Crippen molar-refractivity contribution in [3.8, 4) is 0 Å². The van der Waals surface area contributed by atoms with Crippen molar-refractivity contribution in [1.29, 1.82) is 0 Å². The highest BCUT2D eigenvalue weighted by Crippen LogP contribution is 2.25. The van der Waals surface area contributed by atoms with E-state index < -0.39 is 0 Å². The fourth-order valence-electron chi connectivity index (χ4n) is 2.94. The highest BCUT2D eigenvalue weighted by Gasteiger charge is 2.22. The average molecular weight is 415 g/mol. The summed E-state index contributed by atoms with van der Waals surface area (Å²) in [6.07, 6.45) is 0.570. The summed E-state index contributed by atoms with van der Waals surface area (Å²) < 4.78 is 20.6. The van der Waals surface area contributed by atoms with Crippen molar-refractivity contribution in [2.75, 3.05) is 13.7 Å². The Morgan fingerprint density at radius 1 is 1.17 bits per heavy atom. The molecule has 6 nitrogen and oxygen atoms in total. The molecule has 1 amide bonds. The quantitative estimate of drug-likeness (QED) is 0.544. The summed E-state index contributed by atoms with van der Waals surface area (Å²) in [6, 6.07) is 16.2. The third-order valence-electron chi connectivity index (χ3n) is 4.39. The molecule has 1 aromatic heterocycles. The highest BCUT2D eigenvalue weighted by molar-refractivity contribution is 7.98. The molecule has 1 heterocycles. The number of ether oxygens (including phenoxy) is 1. The molecular formula is C21H23FN4O2S. The van der Waals surface area contributed by atoms with Crippen LogP contribution >= 0.6 is 11.8 Å². The van der Waals surface area contributed by atoms with Gasteiger partial charge in [-0.15, -0.1) is 10.2 Å². The zero-order valence-corrected chi connectivity index (χ0v) is 17.2. The Balaban J connectivity index is 1.78. The molecule has 1 N–H and O–H groups in total. The fraction of sp³-hybridized carbons (Fsp3) is 0.286. The van der Waals surface area contributed by atoms with Gasteiger partial charge in [0.2, 0.25) is 5.91 Å². The van der Waals surface area contributed by atoms with E-state index in [0.29, 0.717) is 28.7 Å². The lowest BCUT2D eigenvalue weighted by atomic mass is 10.1. The molecular weight excluding hydrogens is 391 g/mol. The maximum absolute atomic E-state index is 13.9. The molecule has 0 aliphatic rings. The molecule has 1 unspecified atom stereocenters. The number of hydrogen-bond donors (Lipinski definition) is 1. The standard InChI is InChI=1S/C21H23FN4O2S/c1-26-20(24-25-21(26)29-14-16-10-6-7-11-17(16)22)18(23-19(27)13-28-2)12-15-8-4-3-5-9-15/h3-11,18H,12-14H2,1-2H3,(H,23,27). The summed E-state index contributed by atoms with van der Waals surface area (Å²) in [6.45, 7) is -0.0297. The maximum Gasteiger partial charge on any atom is 0.246 e. The molecule has 152 valence electrons. The molecule has 0 aliphatic heterocycles. The topological polar surface area (TPSA) is 69.0 Å². The van der Waals surface area contributed by atoms with Gasteiger partial charge in [0.1, 0.15) is 12.4 Å². The van der Waals surface area contributed by atoms with Gasteiger partial charge >= 0.3 is 0 Å². The molecule has 1 atom stereocenters. The number of thioether (sulfide) groups is 1. The van der Waals surface area contributed by atoms with Gasteiger partial charge in [0.25, 0.3) is 0 Å². The van der Waals surface area contributed by atoms with Crippen LogP contribution in [0.2, 0.25) is 0 Å². The first-order valence-corrected chi connectivity index (χ1v) is 10.1. The molecule has 0 spiro atoms. The molecule has 0 bridgehead atoms. The summed E-state index contributed by atoms with van der Waals surface area (Å²) in [4.78, 5) is 12.1. The third-order valence-corrected chi connectivity index (χ3v) is 5.46. The van der Waals surface area contributed by atoms with Gasteiger partial charge in [0.05, 0.1) is 6.04 Å². The zero-order valence-electron chi connectivity index (χ0n) is 16.3. The minimum Gasteiger partial charge on any atom is -0.375 e. The second-order valence-electron chi connectivity index (χ2n) is 6.52. The maximum atomic E-state index is 13.9. The average Bonchev–Trinajstić information content (AvgIpc) is 3.08. The molecule has 0 radical (unpaired) electrons. The summed E-state index contributed by atoms with van der Waals surface area (Å²) in [5.41, 5.74) is 1.68. The number of halogens is 1. The minimum atomic E-state index is -0.361. The third kappa shape index (κ3) is 5.65. The van der Waals surface area contributed by atoms with E-state index in [1.54, 1.807) is 12.1 Å². The van der Waals surface area contributed by atoms with Crippen LogP contribution in [0.3, 0.4) is 0 Å². The van der Waals surface area contributed by atoms with Gasteiger partial charge < -0.3 is 14.6 Å². The Bertz CT molecular complexity index is 949. The molecule has 2 aromatic carbocycles. The van der Waals surface area contributed by atoms with E-state index in [-0.39, 0.29) is 24.4 Å². The monoisotopic (exact) mass is 414 g/mol. The summed E-state index contributed by atoms with van der Waals surface area (Å²) >= 11 is 1.40. The van der Waals surface area contributed by atoms with Crippen molar-refractivity contribution in [2.24, 2.45) is 7.05 Å². The second-order valence-corrected chi connectivity index (χ2v) is 7.47. The van der Waals surface area contributed by atoms with Crippen LogP contribution in [0.1, 0.15) is 23.0 Å². The number of rotatable bonds is 9. The first-order valence-electron chi connectivity index (χ1n) is 9.16. The Labute approximate surface area is 173 Å². The van der Waals surface area contributed by atoms with Gasteiger partial charge in [0, 0.05) is 19.9 Å². The van der Waals surface area contributed by atoms with Crippen molar-refractivity contribution < 1.29 is 13.9 Å². The molecule has 0 aliphatic carbocycles. The van der Waals surface area contributed by atoms with Gasteiger partial charge in [-0.1, -0.05) is 60.3 Å². The predicted octanol–water partition coefficient (Wildman–Crippen LogP) is 3.29. The van der Waals surface area contributed by atoms with Crippen LogP contribution in [0.5, 0.6) is 0 Å². The number of aromatic nitrogens is 3. The lowest BCUT2D eigenvalue weighted by molar-refractivity contribution is -0.125. The van der Waals surface area contributed by atoms with Gasteiger partial charge in [-0.3, -0.25) is 4.79 Å². The number of nitrogens with zero attached hydrogens (tertiary/aromatic N) is 3. The fourth-order valence-corrected chi connectivity index (χ4v) is 3.84. The number of carbonyl (C=O) groups excluding carboxylic acids is 1. The number of benzene rings is 2. The molecule has 29 heavy (non-hydrogen) atoms. The number of methoxy groups -OCH3 is 1. The predicted molar refractivity (Wildman–Crippen MR) is 110 cm³/mol. The second kappa shape index (κ2) is 10.2.